The van der Waals surface area contributed by atoms with Crippen LogP contribution >= 0.6 is 0 Å². The summed E-state index contributed by atoms with van der Waals surface area (Å²) in [5, 5.41) is 16.6. The van der Waals surface area contributed by atoms with Crippen molar-refractivity contribution in [2.24, 2.45) is 0 Å². The second kappa shape index (κ2) is 6.60. The van der Waals surface area contributed by atoms with Crippen molar-refractivity contribution in [3.63, 3.8) is 0 Å². The van der Waals surface area contributed by atoms with Gasteiger partial charge in [-0.05, 0) is 37.6 Å². The summed E-state index contributed by atoms with van der Waals surface area (Å²) in [6.45, 7) is 5.50. The molecule has 0 aliphatic rings. The Kier molecular flexibility index (Phi) is 4.50. The Morgan fingerprint density at radius 3 is 2.76 bits per heavy atom. The SMILES string of the molecule is CC(=O)Nc1cc2nc(-c3cn(CCO)nc3C)cc(C)c2cc1F. The number of aliphatic hydroxyl groups excluding tert-OH is 1. The quantitative estimate of drug-likeness (QED) is 0.764. The lowest BCUT2D eigenvalue weighted by Crippen LogP contribution is -2.07. The summed E-state index contributed by atoms with van der Waals surface area (Å²) in [5.41, 5.74) is 3.94. The number of fused-ring (bicyclic) bond motifs is 1. The van der Waals surface area contributed by atoms with Gasteiger partial charge in [-0.15, -0.1) is 0 Å². The number of nitrogens with one attached hydrogen (secondary N) is 1. The number of nitrogens with zero attached hydrogens (tertiary/aromatic N) is 3. The van der Waals surface area contributed by atoms with Crippen molar-refractivity contribution < 1.29 is 14.3 Å². The van der Waals surface area contributed by atoms with E-state index in [0.29, 0.717) is 23.1 Å². The first-order valence-electron chi connectivity index (χ1n) is 7.93. The molecule has 6 nitrogen and oxygen atoms in total. The van der Waals surface area contributed by atoms with E-state index in [1.54, 1.807) is 4.68 Å². The van der Waals surface area contributed by atoms with Gasteiger partial charge < -0.3 is 10.4 Å². The van der Waals surface area contributed by atoms with Crippen LogP contribution in [0.4, 0.5) is 10.1 Å². The molecule has 0 saturated carbocycles. The molecular weight excluding hydrogens is 323 g/mol. The van der Waals surface area contributed by atoms with Gasteiger partial charge in [0.15, 0.2) is 0 Å². The van der Waals surface area contributed by atoms with Crippen LogP contribution in [0.5, 0.6) is 0 Å². The van der Waals surface area contributed by atoms with Crippen LogP contribution in [0.1, 0.15) is 18.2 Å². The highest BCUT2D eigenvalue weighted by Gasteiger charge is 2.14. The highest BCUT2D eigenvalue weighted by Crippen LogP contribution is 2.29. The van der Waals surface area contributed by atoms with E-state index in [0.717, 1.165) is 16.8 Å². The van der Waals surface area contributed by atoms with Crippen molar-refractivity contribution in [3.8, 4) is 11.3 Å². The van der Waals surface area contributed by atoms with Gasteiger partial charge in [0.25, 0.3) is 0 Å². The molecule has 0 saturated heterocycles. The Morgan fingerprint density at radius 1 is 1.32 bits per heavy atom. The van der Waals surface area contributed by atoms with Gasteiger partial charge in [0.1, 0.15) is 5.82 Å². The van der Waals surface area contributed by atoms with Gasteiger partial charge in [0.2, 0.25) is 5.91 Å². The van der Waals surface area contributed by atoms with E-state index in [-0.39, 0.29) is 18.2 Å². The number of carbonyl (C=O) groups excluding carboxylic acids is 1. The molecule has 130 valence electrons. The second-order valence-electron chi connectivity index (χ2n) is 5.97. The van der Waals surface area contributed by atoms with Crippen molar-refractivity contribution in [2.75, 3.05) is 11.9 Å². The summed E-state index contributed by atoms with van der Waals surface area (Å²) in [5.74, 6) is -0.834. The van der Waals surface area contributed by atoms with Gasteiger partial charge in [-0.3, -0.25) is 9.48 Å². The van der Waals surface area contributed by atoms with E-state index in [4.69, 9.17) is 5.11 Å². The number of pyridine rings is 1. The number of rotatable bonds is 4. The fourth-order valence-electron chi connectivity index (χ4n) is 2.82. The number of aryl methyl sites for hydroxylation is 2. The minimum Gasteiger partial charge on any atom is -0.394 e. The molecule has 0 fully saturated rings. The first kappa shape index (κ1) is 17.0. The molecule has 0 atom stereocenters. The Balaban J connectivity index is 2.14. The first-order valence-corrected chi connectivity index (χ1v) is 7.93. The number of benzene rings is 1. The molecule has 1 aromatic carbocycles. The smallest absolute Gasteiger partial charge is 0.221 e. The summed E-state index contributed by atoms with van der Waals surface area (Å²) < 4.78 is 15.8. The normalized spacial score (nSPS) is 11.1. The van der Waals surface area contributed by atoms with Crippen molar-refractivity contribution in [2.45, 2.75) is 27.3 Å². The van der Waals surface area contributed by atoms with E-state index in [2.05, 4.69) is 15.4 Å². The minimum atomic E-state index is -0.493. The van der Waals surface area contributed by atoms with Crippen LogP contribution in [0.25, 0.3) is 22.2 Å². The molecule has 7 heteroatoms. The fourth-order valence-corrected chi connectivity index (χ4v) is 2.82. The Hall–Kier alpha value is -2.80. The Labute approximate surface area is 144 Å². The molecule has 0 aliphatic heterocycles. The van der Waals surface area contributed by atoms with E-state index >= 15 is 0 Å². The molecule has 1 amide bonds. The van der Waals surface area contributed by atoms with Gasteiger partial charge >= 0.3 is 0 Å². The third-order valence-electron chi connectivity index (χ3n) is 3.97. The van der Waals surface area contributed by atoms with Crippen LogP contribution < -0.4 is 5.32 Å². The third-order valence-corrected chi connectivity index (χ3v) is 3.97. The van der Waals surface area contributed by atoms with Crippen molar-refractivity contribution in [1.82, 2.24) is 14.8 Å². The average Bonchev–Trinajstić information content (AvgIpc) is 2.89. The highest BCUT2D eigenvalue weighted by molar-refractivity contribution is 5.93. The topological polar surface area (TPSA) is 80.0 Å². The zero-order valence-corrected chi connectivity index (χ0v) is 14.3. The first-order chi connectivity index (χ1) is 11.9. The molecule has 0 aliphatic carbocycles. The summed E-state index contributed by atoms with van der Waals surface area (Å²) in [7, 11) is 0. The van der Waals surface area contributed by atoms with Crippen LogP contribution in [0.3, 0.4) is 0 Å². The largest absolute Gasteiger partial charge is 0.394 e. The zero-order valence-electron chi connectivity index (χ0n) is 14.3. The monoisotopic (exact) mass is 342 g/mol. The Morgan fingerprint density at radius 2 is 2.08 bits per heavy atom. The molecule has 25 heavy (non-hydrogen) atoms. The zero-order chi connectivity index (χ0) is 18.1. The third kappa shape index (κ3) is 3.36. The van der Waals surface area contributed by atoms with E-state index in [1.165, 1.54) is 19.1 Å². The molecule has 0 bridgehead atoms. The molecule has 0 unspecified atom stereocenters. The van der Waals surface area contributed by atoms with Gasteiger partial charge in [-0.25, -0.2) is 9.37 Å². The molecule has 2 heterocycles. The number of halogens is 1. The lowest BCUT2D eigenvalue weighted by molar-refractivity contribution is -0.114. The van der Waals surface area contributed by atoms with Gasteiger partial charge in [0, 0.05) is 24.1 Å². The lowest BCUT2D eigenvalue weighted by Gasteiger charge is -2.09. The minimum absolute atomic E-state index is 0.00406. The van der Waals surface area contributed by atoms with Crippen LogP contribution in [0, 0.1) is 19.7 Å². The van der Waals surface area contributed by atoms with E-state index in [9.17, 15) is 9.18 Å². The average molecular weight is 342 g/mol. The van der Waals surface area contributed by atoms with Crippen LogP contribution in [-0.4, -0.2) is 32.4 Å². The molecular formula is C18H19FN4O2. The van der Waals surface area contributed by atoms with Crippen LogP contribution in [-0.2, 0) is 11.3 Å². The molecule has 2 aromatic heterocycles. The van der Waals surface area contributed by atoms with Gasteiger partial charge in [0.05, 0.1) is 35.7 Å². The van der Waals surface area contributed by atoms with Gasteiger partial charge in [-0.2, -0.15) is 5.10 Å². The molecule has 0 spiro atoms. The fraction of sp³-hybridized carbons (Fsp3) is 0.278. The summed E-state index contributed by atoms with van der Waals surface area (Å²) >= 11 is 0. The summed E-state index contributed by atoms with van der Waals surface area (Å²) in [6.07, 6.45) is 1.83. The lowest BCUT2D eigenvalue weighted by atomic mass is 10.0. The predicted molar refractivity (Wildman–Crippen MR) is 93.8 cm³/mol. The number of hydrogen-bond acceptors (Lipinski definition) is 4. The van der Waals surface area contributed by atoms with Crippen LogP contribution in [0.15, 0.2) is 24.4 Å². The maximum Gasteiger partial charge on any atom is 0.221 e. The second-order valence-corrected chi connectivity index (χ2v) is 5.97. The number of carbonyl (C=O) groups is 1. The summed E-state index contributed by atoms with van der Waals surface area (Å²) in [4.78, 5) is 15.9. The summed E-state index contributed by atoms with van der Waals surface area (Å²) in [6, 6.07) is 4.80. The highest BCUT2D eigenvalue weighted by atomic mass is 19.1. The molecule has 0 radical (unpaired) electrons. The molecule has 2 N–H and O–H groups in total. The van der Waals surface area contributed by atoms with E-state index in [1.807, 2.05) is 26.1 Å². The predicted octanol–water partition coefficient (Wildman–Crippen LogP) is 2.80. The number of amides is 1. The maximum atomic E-state index is 14.2. The molecule has 3 rings (SSSR count). The van der Waals surface area contributed by atoms with Crippen LogP contribution in [0.2, 0.25) is 0 Å². The van der Waals surface area contributed by atoms with Crippen molar-refractivity contribution in [1.29, 1.82) is 0 Å². The number of aromatic nitrogens is 3. The standard InChI is InChI=1S/C18H19FN4O2/c1-10-6-16(14-9-23(4-5-24)22-11(14)2)21-17-8-18(20-12(3)25)15(19)7-13(10)17/h6-9,24H,4-5H2,1-3H3,(H,20,25). The number of hydrogen-bond donors (Lipinski definition) is 2. The molecule has 3 aromatic rings. The van der Waals surface area contributed by atoms with Gasteiger partial charge in [-0.1, -0.05) is 0 Å². The van der Waals surface area contributed by atoms with E-state index < -0.39 is 5.82 Å². The maximum absolute atomic E-state index is 14.2. The number of aliphatic hydroxyl groups is 1. The van der Waals surface area contributed by atoms with Crippen molar-refractivity contribution >= 4 is 22.5 Å². The van der Waals surface area contributed by atoms with Crippen molar-refractivity contribution in [3.05, 3.63) is 41.5 Å². The Bertz CT molecular complexity index is 965. The number of anilines is 1.